The zero-order chi connectivity index (χ0) is 27.7. The second kappa shape index (κ2) is 13.5. The van der Waals surface area contributed by atoms with E-state index in [1.165, 1.54) is 18.4 Å². The van der Waals surface area contributed by atoms with E-state index < -0.39 is 0 Å². The minimum absolute atomic E-state index is 0.102. The second-order valence-electron chi connectivity index (χ2n) is 10.2. The number of nitrogens with zero attached hydrogens (tertiary/aromatic N) is 1. The van der Waals surface area contributed by atoms with Crippen LogP contribution in [0.3, 0.4) is 0 Å². The zero-order valence-corrected chi connectivity index (χ0v) is 23.2. The van der Waals surface area contributed by atoms with Crippen molar-refractivity contribution in [3.63, 3.8) is 0 Å². The number of piperidine rings is 1. The predicted molar refractivity (Wildman–Crippen MR) is 160 cm³/mol. The minimum Gasteiger partial charge on any atom is -0.464 e. The maximum Gasteiger partial charge on any atom is 0.255 e. The highest BCUT2D eigenvalue weighted by Gasteiger charge is 2.20. The van der Waals surface area contributed by atoms with Gasteiger partial charge in [-0.15, -0.1) is 0 Å². The fourth-order valence-electron chi connectivity index (χ4n) is 5.13. The number of hydrogen-bond acceptors (Lipinski definition) is 4. The summed E-state index contributed by atoms with van der Waals surface area (Å²) in [5.41, 5.74) is 4.26. The van der Waals surface area contributed by atoms with E-state index in [-0.39, 0.29) is 11.8 Å². The third kappa shape index (κ3) is 7.40. The van der Waals surface area contributed by atoms with Crippen LogP contribution in [0.15, 0.2) is 95.6 Å². The van der Waals surface area contributed by atoms with Crippen molar-refractivity contribution in [1.82, 2.24) is 10.2 Å². The van der Waals surface area contributed by atoms with E-state index in [2.05, 4.69) is 39.8 Å². The fourth-order valence-corrected chi connectivity index (χ4v) is 5.25. The topological polar surface area (TPSA) is 74.6 Å². The molecule has 4 aromatic rings. The first-order valence-corrected chi connectivity index (χ1v) is 14.2. The molecule has 0 radical (unpaired) electrons. The molecular weight excluding hydrogens is 522 g/mol. The number of halogens is 1. The van der Waals surface area contributed by atoms with Crippen LogP contribution in [0.2, 0.25) is 5.02 Å². The molecule has 1 aliphatic heterocycles. The Morgan fingerprint density at radius 2 is 1.50 bits per heavy atom. The number of carbonyl (C=O) groups is 2. The number of rotatable bonds is 10. The van der Waals surface area contributed by atoms with Crippen LogP contribution in [0.25, 0.3) is 11.3 Å². The molecule has 5 rings (SSSR count). The molecule has 206 valence electrons. The maximum atomic E-state index is 12.5. The van der Waals surface area contributed by atoms with Gasteiger partial charge in [0.05, 0.1) is 6.26 Å². The van der Waals surface area contributed by atoms with Crippen molar-refractivity contribution in [1.29, 1.82) is 0 Å². The van der Waals surface area contributed by atoms with Crippen molar-refractivity contribution in [2.45, 2.75) is 31.6 Å². The van der Waals surface area contributed by atoms with E-state index in [1.54, 1.807) is 54.8 Å². The van der Waals surface area contributed by atoms with Gasteiger partial charge in [0, 0.05) is 33.9 Å². The number of hydrogen-bond donors (Lipinski definition) is 2. The molecule has 3 aromatic carbocycles. The second-order valence-corrected chi connectivity index (χ2v) is 10.7. The average molecular weight is 556 g/mol. The van der Waals surface area contributed by atoms with Crippen molar-refractivity contribution in [2.24, 2.45) is 0 Å². The molecule has 1 saturated heterocycles. The molecule has 2 N–H and O–H groups in total. The molecule has 2 amide bonds. The number of carbonyl (C=O) groups excluding carboxylic acids is 2. The van der Waals surface area contributed by atoms with E-state index in [0.717, 1.165) is 43.8 Å². The zero-order valence-electron chi connectivity index (χ0n) is 22.4. The Bertz CT molecular complexity index is 1380. The monoisotopic (exact) mass is 555 g/mol. The lowest BCUT2D eigenvalue weighted by Crippen LogP contribution is -2.34. The summed E-state index contributed by atoms with van der Waals surface area (Å²) < 4.78 is 5.50. The molecule has 6 nitrogen and oxygen atoms in total. The Morgan fingerprint density at radius 3 is 2.17 bits per heavy atom. The SMILES string of the molecule is O=C(NCCCCN1CCC(c2ccc(-c3ccco3)cc2)CC1)c1ccc(NC(=O)c2ccc(Cl)cc2)cc1. The first-order valence-electron chi connectivity index (χ1n) is 13.9. The lowest BCUT2D eigenvalue weighted by atomic mass is 9.89. The van der Waals surface area contributed by atoms with Crippen molar-refractivity contribution in [2.75, 3.05) is 31.5 Å². The van der Waals surface area contributed by atoms with Gasteiger partial charge in [0.1, 0.15) is 5.76 Å². The highest BCUT2D eigenvalue weighted by atomic mass is 35.5. The van der Waals surface area contributed by atoms with Gasteiger partial charge in [0.25, 0.3) is 11.8 Å². The summed E-state index contributed by atoms with van der Waals surface area (Å²) in [5, 5.41) is 6.42. The molecule has 0 bridgehead atoms. The van der Waals surface area contributed by atoms with E-state index in [1.807, 2.05) is 12.1 Å². The molecule has 1 aliphatic rings. The number of unbranched alkanes of at least 4 members (excludes halogenated alkanes) is 1. The Morgan fingerprint density at radius 1 is 0.825 bits per heavy atom. The molecule has 0 atom stereocenters. The van der Waals surface area contributed by atoms with Crippen LogP contribution in [0, 0.1) is 0 Å². The smallest absolute Gasteiger partial charge is 0.255 e. The van der Waals surface area contributed by atoms with Crippen LogP contribution in [-0.2, 0) is 0 Å². The van der Waals surface area contributed by atoms with Gasteiger partial charge in [0.2, 0.25) is 0 Å². The first kappa shape index (κ1) is 27.7. The van der Waals surface area contributed by atoms with Crippen LogP contribution in [0.5, 0.6) is 0 Å². The van der Waals surface area contributed by atoms with Gasteiger partial charge in [-0.05, 0) is 117 Å². The molecule has 40 heavy (non-hydrogen) atoms. The summed E-state index contributed by atoms with van der Waals surface area (Å²) in [5.74, 6) is 1.19. The molecule has 2 heterocycles. The molecule has 0 aliphatic carbocycles. The lowest BCUT2D eigenvalue weighted by molar-refractivity contribution is 0.0951. The summed E-state index contributed by atoms with van der Waals surface area (Å²) in [4.78, 5) is 27.4. The molecule has 0 unspecified atom stereocenters. The predicted octanol–water partition coefficient (Wildman–Crippen LogP) is 7.24. The quantitative estimate of drug-likeness (QED) is 0.202. The Balaban J connectivity index is 0.970. The van der Waals surface area contributed by atoms with Crippen LogP contribution in [-0.4, -0.2) is 42.9 Å². The van der Waals surface area contributed by atoms with Crippen molar-refractivity contribution in [3.8, 4) is 11.3 Å². The van der Waals surface area contributed by atoms with Gasteiger partial charge in [-0.2, -0.15) is 0 Å². The number of benzene rings is 3. The number of likely N-dealkylation sites (tertiary alicyclic amines) is 1. The molecular formula is C33H34ClN3O3. The van der Waals surface area contributed by atoms with Gasteiger partial charge < -0.3 is 20.0 Å². The maximum absolute atomic E-state index is 12.5. The van der Waals surface area contributed by atoms with Crippen molar-refractivity contribution < 1.29 is 14.0 Å². The van der Waals surface area contributed by atoms with Crippen molar-refractivity contribution >= 4 is 29.1 Å². The van der Waals surface area contributed by atoms with Gasteiger partial charge >= 0.3 is 0 Å². The summed E-state index contributed by atoms with van der Waals surface area (Å²) in [7, 11) is 0. The molecule has 1 aromatic heterocycles. The molecule has 0 spiro atoms. The van der Waals surface area contributed by atoms with E-state index >= 15 is 0 Å². The molecule has 7 heteroatoms. The Labute approximate surface area is 240 Å². The summed E-state index contributed by atoms with van der Waals surface area (Å²) in [6.45, 7) is 3.92. The van der Waals surface area contributed by atoms with Gasteiger partial charge in [-0.3, -0.25) is 9.59 Å². The summed E-state index contributed by atoms with van der Waals surface area (Å²) in [6.07, 6.45) is 6.05. The van der Waals surface area contributed by atoms with Gasteiger partial charge in [-0.1, -0.05) is 35.9 Å². The van der Waals surface area contributed by atoms with E-state index in [4.69, 9.17) is 16.0 Å². The van der Waals surface area contributed by atoms with Gasteiger partial charge in [-0.25, -0.2) is 0 Å². The standard InChI is InChI=1S/C33H34ClN3O3/c34-29-13-9-28(10-14-29)33(39)36-30-15-11-27(12-16-30)32(38)35-19-1-2-20-37-21-17-25(18-22-37)24-5-7-26(8-6-24)31-4-3-23-40-31/h3-16,23,25H,1-2,17-22H2,(H,35,38)(H,36,39). The number of anilines is 1. The van der Waals surface area contributed by atoms with E-state index in [9.17, 15) is 9.59 Å². The van der Waals surface area contributed by atoms with Crippen LogP contribution >= 0.6 is 11.6 Å². The first-order chi connectivity index (χ1) is 19.5. The van der Waals surface area contributed by atoms with Crippen molar-refractivity contribution in [3.05, 3.63) is 113 Å². The fraction of sp³-hybridized carbons (Fsp3) is 0.273. The van der Waals surface area contributed by atoms with E-state index in [0.29, 0.717) is 34.3 Å². The summed E-state index contributed by atoms with van der Waals surface area (Å²) >= 11 is 5.88. The molecule has 0 saturated carbocycles. The largest absolute Gasteiger partial charge is 0.464 e. The van der Waals surface area contributed by atoms with Gasteiger partial charge in [0.15, 0.2) is 0 Å². The lowest BCUT2D eigenvalue weighted by Gasteiger charge is -2.32. The number of amides is 2. The number of nitrogens with one attached hydrogen (secondary N) is 2. The third-order valence-electron chi connectivity index (χ3n) is 7.47. The Hall–Kier alpha value is -3.87. The van der Waals surface area contributed by atoms with Crippen LogP contribution in [0.4, 0.5) is 5.69 Å². The third-order valence-corrected chi connectivity index (χ3v) is 7.73. The highest BCUT2D eigenvalue weighted by Crippen LogP contribution is 2.30. The highest BCUT2D eigenvalue weighted by molar-refractivity contribution is 6.30. The normalized spacial score (nSPS) is 14.1. The van der Waals surface area contributed by atoms with Crippen LogP contribution in [0.1, 0.15) is 57.9 Å². The summed E-state index contributed by atoms with van der Waals surface area (Å²) in [6, 6.07) is 26.3. The van der Waals surface area contributed by atoms with Crippen LogP contribution < -0.4 is 10.6 Å². The minimum atomic E-state index is -0.224. The number of furan rings is 1. The average Bonchev–Trinajstić information content (AvgIpc) is 3.53. The molecule has 1 fully saturated rings. The Kier molecular flexibility index (Phi) is 9.32.